The molecule has 0 saturated carbocycles. The normalized spacial score (nSPS) is 9.30. The summed E-state index contributed by atoms with van der Waals surface area (Å²) in [7, 11) is 0. The van der Waals surface area contributed by atoms with Crippen LogP contribution in [-0.4, -0.2) is 0 Å². The zero-order valence-electron chi connectivity index (χ0n) is 5.92. The van der Waals surface area contributed by atoms with Crippen molar-refractivity contribution in [2.24, 2.45) is 0 Å². The SMILES string of the molecule is C=C(C)c1ccc([O-])cc1. The summed E-state index contributed by atoms with van der Waals surface area (Å²) >= 11 is 0. The molecule has 0 aliphatic carbocycles. The minimum Gasteiger partial charge on any atom is -0.872 e. The molecule has 52 valence electrons. The van der Waals surface area contributed by atoms with Crippen molar-refractivity contribution in [3.63, 3.8) is 0 Å². The number of hydrogen-bond donors (Lipinski definition) is 0. The first-order chi connectivity index (χ1) is 4.70. The molecule has 0 bridgehead atoms. The molecule has 0 spiro atoms. The van der Waals surface area contributed by atoms with Crippen molar-refractivity contribution >= 4 is 5.57 Å². The second-order valence-corrected chi connectivity index (χ2v) is 2.30. The Labute approximate surface area is 60.6 Å². The largest absolute Gasteiger partial charge is 0.872 e. The zero-order valence-corrected chi connectivity index (χ0v) is 5.92. The van der Waals surface area contributed by atoms with E-state index in [0.717, 1.165) is 11.1 Å². The fourth-order valence-corrected chi connectivity index (χ4v) is 0.739. The van der Waals surface area contributed by atoms with Gasteiger partial charge in [0.25, 0.3) is 0 Å². The molecule has 0 atom stereocenters. The van der Waals surface area contributed by atoms with Gasteiger partial charge in [-0.05, 0) is 12.5 Å². The number of rotatable bonds is 1. The standard InChI is InChI=1S/C9H10O/c1-7(2)8-3-5-9(10)6-4-8/h3-6,10H,1H2,2H3/p-1. The fourth-order valence-electron chi connectivity index (χ4n) is 0.739. The predicted molar refractivity (Wildman–Crippen MR) is 40.6 cm³/mol. The van der Waals surface area contributed by atoms with Crippen LogP contribution in [0.5, 0.6) is 5.75 Å². The molecule has 1 aromatic rings. The maximum atomic E-state index is 10.6. The molecule has 0 aromatic heterocycles. The highest BCUT2D eigenvalue weighted by atomic mass is 16.3. The van der Waals surface area contributed by atoms with E-state index in [2.05, 4.69) is 6.58 Å². The first kappa shape index (κ1) is 6.87. The lowest BCUT2D eigenvalue weighted by Crippen LogP contribution is -1.88. The first-order valence-electron chi connectivity index (χ1n) is 3.13. The third-order valence-corrected chi connectivity index (χ3v) is 1.35. The Bertz CT molecular complexity index is 233. The van der Waals surface area contributed by atoms with Crippen molar-refractivity contribution < 1.29 is 5.11 Å². The van der Waals surface area contributed by atoms with E-state index in [-0.39, 0.29) is 5.75 Å². The number of benzene rings is 1. The van der Waals surface area contributed by atoms with Gasteiger partial charge in [0, 0.05) is 0 Å². The first-order valence-corrected chi connectivity index (χ1v) is 3.13. The molecule has 0 aliphatic rings. The summed E-state index contributed by atoms with van der Waals surface area (Å²) in [6.07, 6.45) is 0. The summed E-state index contributed by atoms with van der Waals surface area (Å²) in [6.45, 7) is 5.67. The summed E-state index contributed by atoms with van der Waals surface area (Å²) < 4.78 is 0. The predicted octanol–water partition coefficient (Wildman–Crippen LogP) is 1.79. The van der Waals surface area contributed by atoms with Crippen molar-refractivity contribution in [2.45, 2.75) is 6.92 Å². The quantitative estimate of drug-likeness (QED) is 0.572. The van der Waals surface area contributed by atoms with Gasteiger partial charge in [0.1, 0.15) is 0 Å². The Balaban J connectivity index is 3.00. The van der Waals surface area contributed by atoms with Crippen LogP contribution in [-0.2, 0) is 0 Å². The van der Waals surface area contributed by atoms with Gasteiger partial charge in [0.2, 0.25) is 0 Å². The molecule has 0 aliphatic heterocycles. The second-order valence-electron chi connectivity index (χ2n) is 2.30. The van der Waals surface area contributed by atoms with Gasteiger partial charge in [-0.3, -0.25) is 0 Å². The average Bonchev–Trinajstić information content (AvgIpc) is 1.88. The molecule has 1 rings (SSSR count). The van der Waals surface area contributed by atoms with Gasteiger partial charge in [-0.2, -0.15) is 0 Å². The van der Waals surface area contributed by atoms with Gasteiger partial charge in [0.15, 0.2) is 0 Å². The summed E-state index contributed by atoms with van der Waals surface area (Å²) in [5, 5.41) is 10.6. The third kappa shape index (κ3) is 1.38. The summed E-state index contributed by atoms with van der Waals surface area (Å²) in [4.78, 5) is 0. The van der Waals surface area contributed by atoms with Crippen LogP contribution in [0.3, 0.4) is 0 Å². The number of allylic oxidation sites excluding steroid dienone is 1. The molecule has 0 unspecified atom stereocenters. The van der Waals surface area contributed by atoms with E-state index in [4.69, 9.17) is 0 Å². The minimum absolute atomic E-state index is 0.0463. The van der Waals surface area contributed by atoms with Gasteiger partial charge in [-0.1, -0.05) is 36.4 Å². The summed E-state index contributed by atoms with van der Waals surface area (Å²) in [5.41, 5.74) is 2.01. The van der Waals surface area contributed by atoms with Crippen LogP contribution in [0.15, 0.2) is 30.8 Å². The Morgan fingerprint density at radius 3 is 2.20 bits per heavy atom. The van der Waals surface area contributed by atoms with Crippen LogP contribution in [0.4, 0.5) is 0 Å². The second kappa shape index (κ2) is 2.56. The summed E-state index contributed by atoms with van der Waals surface area (Å²) in [5.74, 6) is 0.0463. The minimum atomic E-state index is 0.0463. The van der Waals surface area contributed by atoms with Gasteiger partial charge < -0.3 is 5.11 Å². The number of hydrogen-bond acceptors (Lipinski definition) is 1. The molecular formula is C9H9O-. The molecule has 10 heavy (non-hydrogen) atoms. The molecule has 0 amide bonds. The highest BCUT2D eigenvalue weighted by molar-refractivity contribution is 5.61. The maximum absolute atomic E-state index is 10.6. The molecular weight excluding hydrogens is 124 g/mol. The van der Waals surface area contributed by atoms with E-state index < -0.39 is 0 Å². The molecule has 0 saturated heterocycles. The van der Waals surface area contributed by atoms with Crippen molar-refractivity contribution in [1.82, 2.24) is 0 Å². The van der Waals surface area contributed by atoms with Gasteiger partial charge in [0.05, 0.1) is 0 Å². The van der Waals surface area contributed by atoms with Crippen LogP contribution in [0, 0.1) is 0 Å². The molecule has 0 N–H and O–H groups in total. The van der Waals surface area contributed by atoms with Crippen LogP contribution in [0.25, 0.3) is 5.57 Å². The fraction of sp³-hybridized carbons (Fsp3) is 0.111. The van der Waals surface area contributed by atoms with E-state index >= 15 is 0 Å². The van der Waals surface area contributed by atoms with Crippen molar-refractivity contribution in [2.75, 3.05) is 0 Å². The van der Waals surface area contributed by atoms with Crippen LogP contribution in [0.1, 0.15) is 12.5 Å². The van der Waals surface area contributed by atoms with Crippen LogP contribution < -0.4 is 5.11 Å². The Hall–Kier alpha value is -1.24. The lowest BCUT2D eigenvalue weighted by atomic mass is 10.1. The lowest BCUT2D eigenvalue weighted by Gasteiger charge is -2.04. The van der Waals surface area contributed by atoms with Crippen molar-refractivity contribution in [1.29, 1.82) is 0 Å². The molecule has 0 radical (unpaired) electrons. The highest BCUT2D eigenvalue weighted by Gasteiger charge is 1.87. The highest BCUT2D eigenvalue weighted by Crippen LogP contribution is 2.13. The van der Waals surface area contributed by atoms with Crippen molar-refractivity contribution in [3.8, 4) is 5.75 Å². The molecule has 1 nitrogen and oxygen atoms in total. The van der Waals surface area contributed by atoms with Crippen molar-refractivity contribution in [3.05, 3.63) is 36.4 Å². The Kier molecular flexibility index (Phi) is 1.76. The summed E-state index contributed by atoms with van der Waals surface area (Å²) in [6, 6.07) is 6.66. The van der Waals surface area contributed by atoms with E-state index in [1.165, 1.54) is 0 Å². The van der Waals surface area contributed by atoms with Gasteiger partial charge >= 0.3 is 0 Å². The Morgan fingerprint density at radius 1 is 1.30 bits per heavy atom. The molecule has 0 heterocycles. The monoisotopic (exact) mass is 133 g/mol. The average molecular weight is 133 g/mol. The van der Waals surface area contributed by atoms with Gasteiger partial charge in [-0.25, -0.2) is 0 Å². The van der Waals surface area contributed by atoms with Gasteiger partial charge in [-0.15, -0.1) is 5.75 Å². The maximum Gasteiger partial charge on any atom is -0.0234 e. The lowest BCUT2D eigenvalue weighted by molar-refractivity contribution is -0.268. The topological polar surface area (TPSA) is 23.1 Å². The van der Waals surface area contributed by atoms with E-state index in [1.807, 2.05) is 6.92 Å². The van der Waals surface area contributed by atoms with E-state index in [9.17, 15) is 5.11 Å². The molecule has 0 fully saturated rings. The third-order valence-electron chi connectivity index (χ3n) is 1.35. The molecule has 1 heteroatoms. The smallest absolute Gasteiger partial charge is 0.0234 e. The molecule has 1 aromatic carbocycles. The Morgan fingerprint density at radius 2 is 1.80 bits per heavy atom. The zero-order chi connectivity index (χ0) is 7.56. The van der Waals surface area contributed by atoms with Crippen LogP contribution >= 0.6 is 0 Å². The van der Waals surface area contributed by atoms with E-state index in [0.29, 0.717) is 0 Å². The van der Waals surface area contributed by atoms with E-state index in [1.54, 1.807) is 24.3 Å². The van der Waals surface area contributed by atoms with Crippen LogP contribution in [0.2, 0.25) is 0 Å².